The van der Waals surface area contributed by atoms with Gasteiger partial charge < -0.3 is 5.11 Å². The second-order valence-electron chi connectivity index (χ2n) is 3.94. The quantitative estimate of drug-likeness (QED) is 0.894. The van der Waals surface area contributed by atoms with Crippen molar-refractivity contribution >= 4 is 15.7 Å². The summed E-state index contributed by atoms with van der Waals surface area (Å²) in [6.45, 7) is 1.92. The third-order valence-corrected chi connectivity index (χ3v) is 3.89. The Morgan fingerprint density at radius 2 is 1.61 bits per heavy atom. The summed E-state index contributed by atoms with van der Waals surface area (Å²) < 4.78 is 26.5. The predicted molar refractivity (Wildman–Crippen MR) is 70.1 cm³/mol. The van der Waals surface area contributed by atoms with Gasteiger partial charge in [-0.3, -0.25) is 4.72 Å². The summed E-state index contributed by atoms with van der Waals surface area (Å²) in [7, 11) is -3.76. The summed E-state index contributed by atoms with van der Waals surface area (Å²) in [6.07, 6.45) is 0. The van der Waals surface area contributed by atoms with E-state index in [1.165, 1.54) is 12.1 Å². The van der Waals surface area contributed by atoms with E-state index < -0.39 is 10.0 Å². The standard InChI is InChI=1S/C13H13NO3S/c1-10-6-8-11(9-7-10)14-18(16,17)13-5-3-2-4-12(13)15/h2-9,14-15H,1H3. The molecule has 0 aliphatic carbocycles. The van der Waals surface area contributed by atoms with Gasteiger partial charge >= 0.3 is 0 Å². The number of hydrogen-bond donors (Lipinski definition) is 2. The van der Waals surface area contributed by atoms with Gasteiger partial charge in [0.25, 0.3) is 10.0 Å². The Bertz CT molecular complexity index is 648. The molecule has 2 aromatic carbocycles. The summed E-state index contributed by atoms with van der Waals surface area (Å²) in [6, 6.07) is 12.8. The highest BCUT2D eigenvalue weighted by molar-refractivity contribution is 7.92. The average molecular weight is 263 g/mol. The fraction of sp³-hybridized carbons (Fsp3) is 0.0769. The molecule has 0 saturated carbocycles. The SMILES string of the molecule is Cc1ccc(NS(=O)(=O)c2ccccc2O)cc1. The lowest BCUT2D eigenvalue weighted by Crippen LogP contribution is -2.12. The Hall–Kier alpha value is -2.01. The zero-order chi connectivity index (χ0) is 13.2. The number of phenols is 1. The van der Waals surface area contributed by atoms with Crippen LogP contribution >= 0.6 is 0 Å². The molecule has 0 amide bonds. The number of nitrogens with one attached hydrogen (secondary N) is 1. The number of aryl methyl sites for hydroxylation is 1. The van der Waals surface area contributed by atoms with E-state index in [-0.39, 0.29) is 10.6 Å². The number of para-hydroxylation sites is 1. The number of hydrogen-bond acceptors (Lipinski definition) is 3. The molecule has 0 aliphatic rings. The molecule has 0 fully saturated rings. The molecule has 0 bridgehead atoms. The van der Waals surface area contributed by atoms with E-state index in [2.05, 4.69) is 4.72 Å². The molecule has 0 unspecified atom stereocenters. The van der Waals surface area contributed by atoms with Crippen molar-refractivity contribution in [3.05, 3.63) is 54.1 Å². The molecule has 0 radical (unpaired) electrons. The van der Waals surface area contributed by atoms with Crippen molar-refractivity contribution in [3.63, 3.8) is 0 Å². The molecule has 0 spiro atoms. The number of sulfonamides is 1. The lowest BCUT2D eigenvalue weighted by atomic mass is 10.2. The monoisotopic (exact) mass is 263 g/mol. The number of rotatable bonds is 3. The summed E-state index contributed by atoms with van der Waals surface area (Å²) in [5.41, 5.74) is 1.50. The van der Waals surface area contributed by atoms with Crippen molar-refractivity contribution < 1.29 is 13.5 Å². The fourth-order valence-corrected chi connectivity index (χ4v) is 2.67. The Morgan fingerprint density at radius 1 is 1.00 bits per heavy atom. The van der Waals surface area contributed by atoms with Crippen LogP contribution in [-0.4, -0.2) is 13.5 Å². The van der Waals surface area contributed by atoms with Crippen LogP contribution in [0.25, 0.3) is 0 Å². The van der Waals surface area contributed by atoms with Crippen molar-refractivity contribution in [2.45, 2.75) is 11.8 Å². The van der Waals surface area contributed by atoms with Crippen molar-refractivity contribution in [3.8, 4) is 5.75 Å². The van der Waals surface area contributed by atoms with Gasteiger partial charge in [-0.1, -0.05) is 29.8 Å². The van der Waals surface area contributed by atoms with Crippen LogP contribution in [0, 0.1) is 6.92 Å². The molecular formula is C13H13NO3S. The van der Waals surface area contributed by atoms with E-state index in [0.29, 0.717) is 5.69 Å². The van der Waals surface area contributed by atoms with Gasteiger partial charge in [-0.2, -0.15) is 0 Å². The van der Waals surface area contributed by atoms with E-state index in [0.717, 1.165) is 5.56 Å². The molecule has 2 rings (SSSR count). The molecule has 0 aromatic heterocycles. The Kier molecular flexibility index (Phi) is 3.25. The minimum absolute atomic E-state index is 0.134. The fourth-order valence-electron chi connectivity index (χ4n) is 1.52. The van der Waals surface area contributed by atoms with Crippen LogP contribution in [-0.2, 0) is 10.0 Å². The van der Waals surface area contributed by atoms with E-state index in [1.54, 1.807) is 24.3 Å². The van der Waals surface area contributed by atoms with Crippen molar-refractivity contribution in [2.75, 3.05) is 4.72 Å². The van der Waals surface area contributed by atoms with Gasteiger partial charge in [0.05, 0.1) is 0 Å². The second kappa shape index (κ2) is 4.70. The molecule has 0 saturated heterocycles. The number of benzene rings is 2. The van der Waals surface area contributed by atoms with Gasteiger partial charge in [0.1, 0.15) is 10.6 Å². The highest BCUT2D eigenvalue weighted by atomic mass is 32.2. The van der Waals surface area contributed by atoms with Crippen molar-refractivity contribution in [1.82, 2.24) is 0 Å². The Labute approximate surface area is 106 Å². The van der Waals surface area contributed by atoms with Gasteiger partial charge in [-0.05, 0) is 31.2 Å². The highest BCUT2D eigenvalue weighted by Crippen LogP contribution is 2.24. The van der Waals surface area contributed by atoms with Crippen LogP contribution in [0.4, 0.5) is 5.69 Å². The lowest BCUT2D eigenvalue weighted by Gasteiger charge is -2.09. The molecule has 0 heterocycles. The van der Waals surface area contributed by atoms with Crippen LogP contribution in [0.5, 0.6) is 5.75 Å². The van der Waals surface area contributed by atoms with Crippen LogP contribution in [0.2, 0.25) is 0 Å². The third-order valence-electron chi connectivity index (χ3n) is 2.46. The molecule has 94 valence electrons. The molecular weight excluding hydrogens is 250 g/mol. The molecule has 0 aliphatic heterocycles. The molecule has 0 atom stereocenters. The van der Waals surface area contributed by atoms with Gasteiger partial charge in [-0.15, -0.1) is 0 Å². The third kappa shape index (κ3) is 2.62. The normalized spacial score (nSPS) is 11.2. The first-order valence-electron chi connectivity index (χ1n) is 5.36. The number of phenolic OH excluding ortho intramolecular Hbond substituents is 1. The zero-order valence-corrected chi connectivity index (χ0v) is 10.6. The van der Waals surface area contributed by atoms with Gasteiger partial charge in [0, 0.05) is 5.69 Å². The minimum atomic E-state index is -3.76. The molecule has 5 heteroatoms. The first-order chi connectivity index (χ1) is 8.49. The van der Waals surface area contributed by atoms with Gasteiger partial charge in [-0.25, -0.2) is 8.42 Å². The Balaban J connectivity index is 2.33. The Morgan fingerprint density at radius 3 is 2.22 bits per heavy atom. The highest BCUT2D eigenvalue weighted by Gasteiger charge is 2.17. The van der Waals surface area contributed by atoms with Gasteiger partial charge in [0.2, 0.25) is 0 Å². The predicted octanol–water partition coefficient (Wildman–Crippen LogP) is 2.50. The van der Waals surface area contributed by atoms with E-state index in [1.807, 2.05) is 19.1 Å². The summed E-state index contributed by atoms with van der Waals surface area (Å²) >= 11 is 0. The first kappa shape index (κ1) is 12.4. The summed E-state index contributed by atoms with van der Waals surface area (Å²) in [5, 5.41) is 9.55. The minimum Gasteiger partial charge on any atom is -0.507 e. The van der Waals surface area contributed by atoms with E-state index >= 15 is 0 Å². The average Bonchev–Trinajstić information content (AvgIpc) is 2.32. The van der Waals surface area contributed by atoms with Crippen LogP contribution < -0.4 is 4.72 Å². The first-order valence-corrected chi connectivity index (χ1v) is 6.85. The largest absolute Gasteiger partial charge is 0.507 e. The van der Waals surface area contributed by atoms with Gasteiger partial charge in [0.15, 0.2) is 0 Å². The lowest BCUT2D eigenvalue weighted by molar-refractivity contribution is 0.459. The van der Waals surface area contributed by atoms with Crippen LogP contribution in [0.3, 0.4) is 0 Å². The molecule has 18 heavy (non-hydrogen) atoms. The van der Waals surface area contributed by atoms with Crippen LogP contribution in [0.15, 0.2) is 53.4 Å². The zero-order valence-electron chi connectivity index (χ0n) is 9.79. The maximum Gasteiger partial charge on any atom is 0.265 e. The van der Waals surface area contributed by atoms with E-state index in [9.17, 15) is 13.5 Å². The topological polar surface area (TPSA) is 66.4 Å². The number of anilines is 1. The van der Waals surface area contributed by atoms with Crippen LogP contribution in [0.1, 0.15) is 5.56 Å². The molecule has 4 nitrogen and oxygen atoms in total. The maximum atomic E-state index is 12.0. The summed E-state index contributed by atoms with van der Waals surface area (Å²) in [4.78, 5) is -0.134. The van der Waals surface area contributed by atoms with Crippen molar-refractivity contribution in [1.29, 1.82) is 0 Å². The maximum absolute atomic E-state index is 12.0. The molecule has 2 aromatic rings. The van der Waals surface area contributed by atoms with E-state index in [4.69, 9.17) is 0 Å². The van der Waals surface area contributed by atoms with Crippen molar-refractivity contribution in [2.24, 2.45) is 0 Å². The summed E-state index contributed by atoms with van der Waals surface area (Å²) in [5.74, 6) is -0.267. The number of aromatic hydroxyl groups is 1. The molecule has 2 N–H and O–H groups in total. The second-order valence-corrected chi connectivity index (χ2v) is 5.59. The smallest absolute Gasteiger partial charge is 0.265 e.